The molecular weight excluding hydrogens is 398 g/mol. The molecule has 1 atom stereocenters. The van der Waals surface area contributed by atoms with Gasteiger partial charge in [-0.3, -0.25) is 14.2 Å². The van der Waals surface area contributed by atoms with Crippen LogP contribution in [0, 0.1) is 13.8 Å². The first kappa shape index (κ1) is 19.8. The Hall–Kier alpha value is -3.45. The topological polar surface area (TPSA) is 84.2 Å². The molecule has 0 fully saturated rings. The molecule has 0 saturated carbocycles. The minimum Gasteiger partial charge on any atom is -0.508 e. The fraction of sp³-hybridized carbons (Fsp3) is 0.174. The van der Waals surface area contributed by atoms with E-state index < -0.39 is 6.04 Å². The zero-order chi connectivity index (χ0) is 21.4. The van der Waals surface area contributed by atoms with Crippen LogP contribution in [0.2, 0.25) is 0 Å². The highest BCUT2D eigenvalue weighted by atomic mass is 32.1. The molecule has 0 radical (unpaired) electrons. The number of nitrogens with one attached hydrogen (secondary N) is 1. The number of phenols is 1. The standard InChI is InChI=1S/C23H21N3O3S/c1-13-4-5-16(10-14(13)2)19-11-30-22-20(19)23(29)26(12-24-22)15(3)21(28)25-17-6-8-18(27)9-7-17/h4-12,15,27H,1-3H3,(H,25,28). The Morgan fingerprint density at radius 2 is 1.87 bits per heavy atom. The molecule has 4 rings (SSSR count). The van der Waals surface area contributed by atoms with Gasteiger partial charge >= 0.3 is 0 Å². The molecule has 0 bridgehead atoms. The molecule has 2 aromatic heterocycles. The second-order valence-corrected chi connectivity index (χ2v) is 8.16. The van der Waals surface area contributed by atoms with Gasteiger partial charge in [-0.1, -0.05) is 18.2 Å². The smallest absolute Gasteiger partial charge is 0.263 e. The number of hydrogen-bond acceptors (Lipinski definition) is 5. The van der Waals surface area contributed by atoms with E-state index in [9.17, 15) is 14.7 Å². The van der Waals surface area contributed by atoms with Gasteiger partial charge in [0.05, 0.1) is 11.7 Å². The van der Waals surface area contributed by atoms with Crippen molar-refractivity contribution in [3.05, 3.63) is 75.7 Å². The number of hydrogen-bond donors (Lipinski definition) is 2. The van der Waals surface area contributed by atoms with E-state index in [0.717, 1.165) is 16.7 Å². The van der Waals surface area contributed by atoms with Crippen molar-refractivity contribution in [3.8, 4) is 16.9 Å². The molecule has 2 heterocycles. The van der Waals surface area contributed by atoms with Crippen LogP contribution < -0.4 is 10.9 Å². The maximum absolute atomic E-state index is 13.3. The maximum atomic E-state index is 13.3. The molecule has 0 aliphatic carbocycles. The summed E-state index contributed by atoms with van der Waals surface area (Å²) in [4.78, 5) is 31.1. The fourth-order valence-electron chi connectivity index (χ4n) is 3.26. The number of carbonyl (C=O) groups excluding carboxylic acids is 1. The molecule has 4 aromatic rings. The normalized spacial score (nSPS) is 12.1. The predicted molar refractivity (Wildman–Crippen MR) is 120 cm³/mol. The van der Waals surface area contributed by atoms with Crippen LogP contribution in [-0.4, -0.2) is 20.6 Å². The van der Waals surface area contributed by atoms with E-state index in [1.165, 1.54) is 39.9 Å². The highest BCUT2D eigenvalue weighted by Crippen LogP contribution is 2.32. The van der Waals surface area contributed by atoms with Gasteiger partial charge in [-0.2, -0.15) is 0 Å². The van der Waals surface area contributed by atoms with Crippen LogP contribution in [-0.2, 0) is 4.79 Å². The summed E-state index contributed by atoms with van der Waals surface area (Å²) in [5.74, 6) is -0.227. The summed E-state index contributed by atoms with van der Waals surface area (Å²) in [6.07, 6.45) is 1.42. The average Bonchev–Trinajstić information content (AvgIpc) is 3.16. The number of aromatic hydroxyl groups is 1. The lowest BCUT2D eigenvalue weighted by Crippen LogP contribution is -2.31. The first-order valence-corrected chi connectivity index (χ1v) is 10.4. The number of thiophene rings is 1. The zero-order valence-electron chi connectivity index (χ0n) is 16.8. The molecule has 7 heteroatoms. The number of aromatic nitrogens is 2. The van der Waals surface area contributed by atoms with Crippen LogP contribution in [0.3, 0.4) is 0 Å². The lowest BCUT2D eigenvalue weighted by Gasteiger charge is -2.15. The third-order valence-corrected chi connectivity index (χ3v) is 6.16. The third kappa shape index (κ3) is 3.59. The van der Waals surface area contributed by atoms with E-state index in [2.05, 4.69) is 16.4 Å². The van der Waals surface area contributed by atoms with Gasteiger partial charge in [-0.05, 0) is 61.7 Å². The Balaban J connectivity index is 1.72. The Bertz CT molecular complexity index is 1310. The van der Waals surface area contributed by atoms with Crippen LogP contribution >= 0.6 is 11.3 Å². The molecule has 0 aliphatic rings. The van der Waals surface area contributed by atoms with Gasteiger partial charge in [-0.25, -0.2) is 4.98 Å². The fourth-order valence-corrected chi connectivity index (χ4v) is 4.17. The van der Waals surface area contributed by atoms with Crippen molar-refractivity contribution < 1.29 is 9.90 Å². The van der Waals surface area contributed by atoms with Gasteiger partial charge in [0.25, 0.3) is 5.56 Å². The largest absolute Gasteiger partial charge is 0.508 e. The van der Waals surface area contributed by atoms with E-state index >= 15 is 0 Å². The molecule has 1 amide bonds. The van der Waals surface area contributed by atoms with Crippen LogP contribution in [0.25, 0.3) is 21.3 Å². The number of carbonyl (C=O) groups is 1. The number of amides is 1. The van der Waals surface area contributed by atoms with Crippen molar-refractivity contribution in [2.24, 2.45) is 0 Å². The molecule has 2 aromatic carbocycles. The lowest BCUT2D eigenvalue weighted by molar-refractivity contribution is -0.118. The quantitative estimate of drug-likeness (QED) is 0.472. The summed E-state index contributed by atoms with van der Waals surface area (Å²) < 4.78 is 1.36. The highest BCUT2D eigenvalue weighted by molar-refractivity contribution is 7.17. The van der Waals surface area contributed by atoms with Gasteiger partial charge in [-0.15, -0.1) is 11.3 Å². The molecule has 6 nitrogen and oxygen atoms in total. The number of nitrogens with zero attached hydrogens (tertiary/aromatic N) is 2. The number of fused-ring (bicyclic) bond motifs is 1. The molecule has 2 N–H and O–H groups in total. The van der Waals surface area contributed by atoms with Crippen molar-refractivity contribution >= 4 is 33.1 Å². The van der Waals surface area contributed by atoms with E-state index in [0.29, 0.717) is 15.9 Å². The van der Waals surface area contributed by atoms with E-state index in [1.54, 1.807) is 19.1 Å². The summed E-state index contributed by atoms with van der Waals surface area (Å²) in [6.45, 7) is 5.75. The van der Waals surface area contributed by atoms with Crippen LogP contribution in [0.15, 0.2) is 59.0 Å². The second-order valence-electron chi connectivity index (χ2n) is 7.30. The zero-order valence-corrected chi connectivity index (χ0v) is 17.7. The first-order chi connectivity index (χ1) is 14.3. The Kier molecular flexibility index (Phi) is 5.13. The average molecular weight is 420 g/mol. The van der Waals surface area contributed by atoms with E-state index in [-0.39, 0.29) is 17.2 Å². The van der Waals surface area contributed by atoms with Gasteiger partial charge in [0.1, 0.15) is 16.6 Å². The molecule has 0 aliphatic heterocycles. The number of anilines is 1. The summed E-state index contributed by atoms with van der Waals surface area (Å²) in [5, 5.41) is 14.6. The summed E-state index contributed by atoms with van der Waals surface area (Å²) >= 11 is 1.42. The SMILES string of the molecule is Cc1ccc(-c2csc3ncn(C(C)C(=O)Nc4ccc(O)cc4)c(=O)c23)cc1C. The molecule has 0 saturated heterocycles. The van der Waals surface area contributed by atoms with Gasteiger partial charge < -0.3 is 10.4 Å². The van der Waals surface area contributed by atoms with Crippen LogP contribution in [0.5, 0.6) is 5.75 Å². The molecule has 30 heavy (non-hydrogen) atoms. The number of benzene rings is 2. The Labute approximate surface area is 177 Å². The Morgan fingerprint density at radius 3 is 2.57 bits per heavy atom. The van der Waals surface area contributed by atoms with Crippen molar-refractivity contribution in [1.82, 2.24) is 9.55 Å². The molecule has 1 unspecified atom stereocenters. The molecule has 152 valence electrons. The van der Waals surface area contributed by atoms with Gasteiger partial charge in [0, 0.05) is 16.6 Å². The summed E-state index contributed by atoms with van der Waals surface area (Å²) in [5.41, 5.74) is 4.42. The van der Waals surface area contributed by atoms with Gasteiger partial charge in [0.15, 0.2) is 0 Å². The predicted octanol–water partition coefficient (Wildman–Crippen LogP) is 4.65. The van der Waals surface area contributed by atoms with Crippen LogP contribution in [0.1, 0.15) is 24.1 Å². The number of rotatable bonds is 4. The highest BCUT2D eigenvalue weighted by Gasteiger charge is 2.20. The van der Waals surface area contributed by atoms with E-state index in [4.69, 9.17) is 0 Å². The number of phenolic OH excluding ortho intramolecular Hbond substituents is 1. The molecular formula is C23H21N3O3S. The third-order valence-electron chi connectivity index (χ3n) is 5.27. The lowest BCUT2D eigenvalue weighted by atomic mass is 10.0. The summed E-state index contributed by atoms with van der Waals surface area (Å²) in [7, 11) is 0. The second kappa shape index (κ2) is 7.76. The first-order valence-electron chi connectivity index (χ1n) is 9.51. The van der Waals surface area contributed by atoms with Crippen molar-refractivity contribution in [1.29, 1.82) is 0 Å². The minimum absolute atomic E-state index is 0.114. The number of aryl methyl sites for hydroxylation is 2. The van der Waals surface area contributed by atoms with Crippen molar-refractivity contribution in [3.63, 3.8) is 0 Å². The van der Waals surface area contributed by atoms with E-state index in [1.807, 2.05) is 31.4 Å². The molecule has 0 spiro atoms. The van der Waals surface area contributed by atoms with Crippen molar-refractivity contribution in [2.45, 2.75) is 26.8 Å². The monoisotopic (exact) mass is 419 g/mol. The van der Waals surface area contributed by atoms with Crippen molar-refractivity contribution in [2.75, 3.05) is 5.32 Å². The Morgan fingerprint density at radius 1 is 1.13 bits per heavy atom. The van der Waals surface area contributed by atoms with Gasteiger partial charge in [0.2, 0.25) is 5.91 Å². The maximum Gasteiger partial charge on any atom is 0.263 e. The summed E-state index contributed by atoms with van der Waals surface area (Å²) in [6, 6.07) is 11.5. The van der Waals surface area contributed by atoms with Crippen LogP contribution in [0.4, 0.5) is 5.69 Å². The minimum atomic E-state index is -0.754.